The number of carbonyl (C=O) groups is 2. The summed E-state index contributed by atoms with van der Waals surface area (Å²) < 4.78 is 26.1. The lowest BCUT2D eigenvalue weighted by atomic mass is 10.1. The number of halogens is 1. The van der Waals surface area contributed by atoms with E-state index in [1.807, 2.05) is 38.1 Å². The molecule has 0 heterocycles. The number of nitrogens with one attached hydrogen (secondary N) is 1. The number of para-hydroxylation sites is 1. The van der Waals surface area contributed by atoms with Crippen LogP contribution in [0.1, 0.15) is 37.8 Å². The highest BCUT2D eigenvalue weighted by atomic mass is 35.5. The van der Waals surface area contributed by atoms with Crippen LogP contribution in [-0.4, -0.2) is 50.5 Å². The number of benzene rings is 2. The first-order chi connectivity index (χ1) is 15.6. The molecule has 2 amide bonds. The predicted molar refractivity (Wildman–Crippen MR) is 133 cm³/mol. The van der Waals surface area contributed by atoms with Crippen molar-refractivity contribution in [3.05, 3.63) is 64.7 Å². The second-order valence-corrected chi connectivity index (χ2v) is 10.3. The molecule has 7 nitrogen and oxygen atoms in total. The van der Waals surface area contributed by atoms with Gasteiger partial charge in [0.2, 0.25) is 21.8 Å². The van der Waals surface area contributed by atoms with E-state index in [0.29, 0.717) is 6.54 Å². The summed E-state index contributed by atoms with van der Waals surface area (Å²) >= 11 is 6.23. The molecule has 0 aromatic heterocycles. The molecule has 180 valence electrons. The molecule has 0 aliphatic carbocycles. The average molecular weight is 494 g/mol. The number of amides is 2. The van der Waals surface area contributed by atoms with Crippen LogP contribution in [0.4, 0.5) is 5.69 Å². The Kier molecular flexibility index (Phi) is 9.73. The SMILES string of the molecule is CCCCNC(=O)[C@H](C)N(Cc1ccccc1C)C(=O)CN(c1ccccc1Cl)S(C)(=O)=O. The van der Waals surface area contributed by atoms with Gasteiger partial charge in [0, 0.05) is 13.1 Å². The Labute approximate surface area is 201 Å². The number of hydrogen-bond acceptors (Lipinski definition) is 4. The van der Waals surface area contributed by atoms with E-state index < -0.39 is 28.5 Å². The van der Waals surface area contributed by atoms with E-state index in [0.717, 1.165) is 34.5 Å². The summed E-state index contributed by atoms with van der Waals surface area (Å²) in [6.45, 7) is 5.82. The highest BCUT2D eigenvalue weighted by molar-refractivity contribution is 7.92. The summed E-state index contributed by atoms with van der Waals surface area (Å²) in [5, 5.41) is 3.07. The summed E-state index contributed by atoms with van der Waals surface area (Å²) in [5.74, 6) is -0.782. The van der Waals surface area contributed by atoms with E-state index >= 15 is 0 Å². The van der Waals surface area contributed by atoms with Crippen molar-refractivity contribution in [2.45, 2.75) is 46.2 Å². The minimum atomic E-state index is -3.81. The first-order valence-electron chi connectivity index (χ1n) is 10.9. The first kappa shape index (κ1) is 26.7. The lowest BCUT2D eigenvalue weighted by Gasteiger charge is -2.32. The van der Waals surface area contributed by atoms with E-state index in [1.54, 1.807) is 31.2 Å². The number of aryl methyl sites for hydroxylation is 1. The number of carbonyl (C=O) groups excluding carboxylic acids is 2. The van der Waals surface area contributed by atoms with Crippen molar-refractivity contribution in [1.82, 2.24) is 10.2 Å². The molecule has 0 aliphatic heterocycles. The lowest BCUT2D eigenvalue weighted by molar-refractivity contribution is -0.139. The van der Waals surface area contributed by atoms with Gasteiger partial charge in [-0.1, -0.05) is 61.3 Å². The third-order valence-electron chi connectivity index (χ3n) is 5.40. The van der Waals surface area contributed by atoms with Gasteiger partial charge in [0.15, 0.2) is 0 Å². The van der Waals surface area contributed by atoms with Crippen LogP contribution in [0, 0.1) is 6.92 Å². The zero-order chi connectivity index (χ0) is 24.6. The summed E-state index contributed by atoms with van der Waals surface area (Å²) in [4.78, 5) is 27.7. The molecular weight excluding hydrogens is 462 g/mol. The lowest BCUT2D eigenvalue weighted by Crippen LogP contribution is -2.51. The van der Waals surface area contributed by atoms with Crippen molar-refractivity contribution in [3.8, 4) is 0 Å². The van der Waals surface area contributed by atoms with Gasteiger partial charge in [-0.05, 0) is 43.5 Å². The first-order valence-corrected chi connectivity index (χ1v) is 13.1. The van der Waals surface area contributed by atoms with Crippen LogP contribution in [-0.2, 0) is 26.2 Å². The van der Waals surface area contributed by atoms with Crippen LogP contribution in [0.5, 0.6) is 0 Å². The number of sulfonamides is 1. The standard InChI is InChI=1S/C24H32ClN3O4S/c1-5-6-15-26-24(30)19(3)27(16-20-12-8-7-11-18(20)2)23(29)17-28(33(4,31)32)22-14-10-9-13-21(22)25/h7-14,19H,5-6,15-17H2,1-4H3,(H,26,30)/t19-/m0/s1. The highest BCUT2D eigenvalue weighted by Gasteiger charge is 2.30. The largest absolute Gasteiger partial charge is 0.354 e. The molecule has 1 N–H and O–H groups in total. The normalized spacial score (nSPS) is 12.2. The Morgan fingerprint density at radius 1 is 1.09 bits per heavy atom. The summed E-state index contributed by atoms with van der Waals surface area (Å²) in [5.41, 5.74) is 2.06. The number of unbranched alkanes of at least 4 members (excludes halogenated alkanes) is 1. The van der Waals surface area contributed by atoms with Gasteiger partial charge in [0.1, 0.15) is 12.6 Å². The molecule has 0 saturated heterocycles. The fourth-order valence-corrected chi connectivity index (χ4v) is 4.49. The van der Waals surface area contributed by atoms with Crippen molar-refractivity contribution in [2.75, 3.05) is 23.7 Å². The van der Waals surface area contributed by atoms with Crippen molar-refractivity contribution >= 4 is 39.1 Å². The van der Waals surface area contributed by atoms with E-state index in [4.69, 9.17) is 11.6 Å². The van der Waals surface area contributed by atoms with Crippen LogP contribution >= 0.6 is 11.6 Å². The van der Waals surface area contributed by atoms with Crippen LogP contribution < -0.4 is 9.62 Å². The van der Waals surface area contributed by atoms with Crippen molar-refractivity contribution in [3.63, 3.8) is 0 Å². The maximum atomic E-state index is 13.5. The van der Waals surface area contributed by atoms with Gasteiger partial charge < -0.3 is 10.2 Å². The second kappa shape index (κ2) is 12.0. The molecule has 0 unspecified atom stereocenters. The van der Waals surface area contributed by atoms with Crippen LogP contribution in [0.3, 0.4) is 0 Å². The second-order valence-electron chi connectivity index (χ2n) is 7.99. The molecule has 1 atom stereocenters. The van der Waals surface area contributed by atoms with Crippen molar-refractivity contribution in [2.24, 2.45) is 0 Å². The molecule has 2 rings (SSSR count). The van der Waals surface area contributed by atoms with E-state index in [2.05, 4.69) is 5.32 Å². The number of rotatable bonds is 11. The molecule has 0 saturated carbocycles. The third kappa shape index (κ3) is 7.47. The Balaban J connectivity index is 2.37. The molecule has 0 aliphatic rings. The van der Waals surface area contributed by atoms with Gasteiger partial charge in [-0.25, -0.2) is 8.42 Å². The molecule has 0 radical (unpaired) electrons. The molecule has 2 aromatic carbocycles. The fourth-order valence-electron chi connectivity index (χ4n) is 3.34. The van der Waals surface area contributed by atoms with Crippen LogP contribution in [0.25, 0.3) is 0 Å². The van der Waals surface area contributed by atoms with Gasteiger partial charge in [0.05, 0.1) is 17.0 Å². The Bertz CT molecular complexity index is 1070. The zero-order valence-electron chi connectivity index (χ0n) is 19.5. The van der Waals surface area contributed by atoms with Crippen LogP contribution in [0.15, 0.2) is 48.5 Å². The van der Waals surface area contributed by atoms with Crippen LogP contribution in [0.2, 0.25) is 5.02 Å². The number of nitrogens with zero attached hydrogens (tertiary/aromatic N) is 2. The summed E-state index contributed by atoms with van der Waals surface area (Å²) in [6, 6.07) is 13.2. The monoisotopic (exact) mass is 493 g/mol. The number of hydrogen-bond donors (Lipinski definition) is 1. The van der Waals surface area contributed by atoms with Gasteiger partial charge in [-0.2, -0.15) is 0 Å². The van der Waals surface area contributed by atoms with Gasteiger partial charge in [-0.3, -0.25) is 13.9 Å². The third-order valence-corrected chi connectivity index (χ3v) is 6.85. The summed E-state index contributed by atoms with van der Waals surface area (Å²) in [7, 11) is -3.81. The molecule has 0 bridgehead atoms. The Hall–Kier alpha value is -2.58. The van der Waals surface area contributed by atoms with E-state index in [-0.39, 0.29) is 23.2 Å². The van der Waals surface area contributed by atoms with Crippen molar-refractivity contribution < 1.29 is 18.0 Å². The fraction of sp³-hybridized carbons (Fsp3) is 0.417. The van der Waals surface area contributed by atoms with E-state index in [9.17, 15) is 18.0 Å². The Morgan fingerprint density at radius 3 is 2.33 bits per heavy atom. The maximum absolute atomic E-state index is 13.5. The quantitative estimate of drug-likeness (QED) is 0.483. The van der Waals surface area contributed by atoms with Gasteiger partial charge in [-0.15, -0.1) is 0 Å². The molecule has 0 spiro atoms. The zero-order valence-corrected chi connectivity index (χ0v) is 21.1. The smallest absolute Gasteiger partial charge is 0.244 e. The number of anilines is 1. The molecule has 0 fully saturated rings. The predicted octanol–water partition coefficient (Wildman–Crippen LogP) is 3.75. The van der Waals surface area contributed by atoms with Crippen molar-refractivity contribution in [1.29, 1.82) is 0 Å². The minimum absolute atomic E-state index is 0.175. The minimum Gasteiger partial charge on any atom is -0.354 e. The average Bonchev–Trinajstić information content (AvgIpc) is 2.76. The van der Waals surface area contributed by atoms with Gasteiger partial charge in [0.25, 0.3) is 0 Å². The van der Waals surface area contributed by atoms with E-state index in [1.165, 1.54) is 4.90 Å². The molecular formula is C24H32ClN3O4S. The van der Waals surface area contributed by atoms with Gasteiger partial charge >= 0.3 is 0 Å². The summed E-state index contributed by atoms with van der Waals surface area (Å²) in [6.07, 6.45) is 2.79. The highest BCUT2D eigenvalue weighted by Crippen LogP contribution is 2.27. The molecule has 2 aromatic rings. The molecule has 9 heteroatoms. The maximum Gasteiger partial charge on any atom is 0.244 e. The Morgan fingerprint density at radius 2 is 1.73 bits per heavy atom. The molecule has 33 heavy (non-hydrogen) atoms. The topological polar surface area (TPSA) is 86.8 Å².